The Balaban J connectivity index is 0.00000125. The van der Waals surface area contributed by atoms with Gasteiger partial charge in [-0.2, -0.15) is 0 Å². The average molecular weight is 414 g/mol. The summed E-state index contributed by atoms with van der Waals surface area (Å²) in [7, 11) is 1.00. The Morgan fingerprint density at radius 3 is 2.27 bits per heavy atom. The van der Waals surface area contributed by atoms with Crippen LogP contribution in [-0.4, -0.2) is 36.1 Å². The molecule has 0 radical (unpaired) electrons. The maximum atomic E-state index is 12.5. The average Bonchev–Trinajstić information content (AvgIpc) is 2.80. The fourth-order valence-electron chi connectivity index (χ4n) is 3.41. The minimum absolute atomic E-state index is 0.289. The number of aliphatic hydroxyl groups is 1. The van der Waals surface area contributed by atoms with E-state index >= 15 is 0 Å². The van der Waals surface area contributed by atoms with Crippen molar-refractivity contribution >= 4 is 5.91 Å². The van der Waals surface area contributed by atoms with E-state index in [1.165, 1.54) is 29.5 Å². The van der Waals surface area contributed by atoms with Gasteiger partial charge in [0, 0.05) is 26.6 Å². The molecule has 30 heavy (non-hydrogen) atoms. The molecule has 2 rings (SSSR count). The lowest BCUT2D eigenvalue weighted by Crippen LogP contribution is -2.38. The third-order valence-electron chi connectivity index (χ3n) is 5.36. The summed E-state index contributed by atoms with van der Waals surface area (Å²) < 4.78 is 0. The molecule has 1 heterocycles. The second-order valence-corrected chi connectivity index (χ2v) is 7.48. The quantitative estimate of drug-likeness (QED) is 0.535. The molecule has 0 aromatic heterocycles. The van der Waals surface area contributed by atoms with Crippen molar-refractivity contribution in [3.63, 3.8) is 0 Å². The van der Waals surface area contributed by atoms with Crippen molar-refractivity contribution in [1.82, 2.24) is 4.90 Å². The molecule has 0 unspecified atom stereocenters. The van der Waals surface area contributed by atoms with Gasteiger partial charge in [0.05, 0.1) is 0 Å². The number of allylic oxidation sites excluding steroid dienone is 5. The van der Waals surface area contributed by atoms with E-state index in [-0.39, 0.29) is 5.91 Å². The third-order valence-corrected chi connectivity index (χ3v) is 5.36. The Morgan fingerprint density at radius 1 is 1.17 bits per heavy atom. The normalized spacial score (nSPS) is 14.5. The van der Waals surface area contributed by atoms with Crippen LogP contribution in [0.25, 0.3) is 0 Å². The second kappa shape index (κ2) is 17.7. The SMILES string of the molecule is C=C/C=C(\C=C/C)C1CCN(C(=O)CCc2ccccc2C)CC1.CCCC.CO. The van der Waals surface area contributed by atoms with Crippen LogP contribution in [0, 0.1) is 12.8 Å². The predicted molar refractivity (Wildman–Crippen MR) is 131 cm³/mol. The lowest BCUT2D eigenvalue weighted by molar-refractivity contribution is -0.132. The van der Waals surface area contributed by atoms with Crippen molar-refractivity contribution < 1.29 is 9.90 Å². The Kier molecular flexibility index (Phi) is 16.4. The van der Waals surface area contributed by atoms with Crippen LogP contribution >= 0.6 is 0 Å². The van der Waals surface area contributed by atoms with Gasteiger partial charge in [-0.25, -0.2) is 0 Å². The molecule has 1 aliphatic rings. The van der Waals surface area contributed by atoms with Crippen LogP contribution in [0.2, 0.25) is 0 Å². The molecule has 1 fully saturated rings. The van der Waals surface area contributed by atoms with Crippen LogP contribution in [0.1, 0.15) is 64.0 Å². The number of carbonyl (C=O) groups is 1. The maximum absolute atomic E-state index is 12.5. The molecule has 1 aliphatic heterocycles. The van der Waals surface area contributed by atoms with Crippen LogP contribution in [0.15, 0.2) is 60.7 Å². The first-order valence-corrected chi connectivity index (χ1v) is 11.3. The molecular weight excluding hydrogens is 370 g/mol. The molecule has 0 saturated carbocycles. The van der Waals surface area contributed by atoms with Gasteiger partial charge in [0.15, 0.2) is 0 Å². The van der Waals surface area contributed by atoms with Crippen LogP contribution in [0.3, 0.4) is 0 Å². The van der Waals surface area contributed by atoms with Gasteiger partial charge in [0.25, 0.3) is 0 Å². The number of amides is 1. The Labute approximate surface area is 185 Å². The van der Waals surface area contributed by atoms with Gasteiger partial charge in [0.1, 0.15) is 0 Å². The highest BCUT2D eigenvalue weighted by molar-refractivity contribution is 5.76. The number of carbonyl (C=O) groups excluding carboxylic acids is 1. The number of nitrogens with zero attached hydrogens (tertiary/aromatic N) is 1. The summed E-state index contributed by atoms with van der Waals surface area (Å²) in [6, 6.07) is 8.33. The summed E-state index contributed by atoms with van der Waals surface area (Å²) >= 11 is 0. The minimum Gasteiger partial charge on any atom is -0.400 e. The zero-order valence-electron chi connectivity index (χ0n) is 19.9. The summed E-state index contributed by atoms with van der Waals surface area (Å²) in [5.41, 5.74) is 3.89. The minimum atomic E-state index is 0.289. The van der Waals surface area contributed by atoms with E-state index in [0.717, 1.165) is 39.5 Å². The van der Waals surface area contributed by atoms with Crippen molar-refractivity contribution in [3.8, 4) is 0 Å². The van der Waals surface area contributed by atoms with Gasteiger partial charge < -0.3 is 10.0 Å². The molecule has 1 aromatic carbocycles. The first-order chi connectivity index (χ1) is 14.6. The number of aryl methyl sites for hydroxylation is 2. The fourth-order valence-corrected chi connectivity index (χ4v) is 3.41. The van der Waals surface area contributed by atoms with Crippen LogP contribution in [0.4, 0.5) is 0 Å². The summed E-state index contributed by atoms with van der Waals surface area (Å²) in [6.45, 7) is 14.0. The number of hydrogen-bond donors (Lipinski definition) is 1. The van der Waals surface area contributed by atoms with Crippen LogP contribution < -0.4 is 0 Å². The van der Waals surface area contributed by atoms with Crippen LogP contribution in [0.5, 0.6) is 0 Å². The highest BCUT2D eigenvalue weighted by atomic mass is 16.2. The van der Waals surface area contributed by atoms with E-state index in [4.69, 9.17) is 5.11 Å². The van der Waals surface area contributed by atoms with Crippen LogP contribution in [-0.2, 0) is 11.2 Å². The number of piperidine rings is 1. The lowest BCUT2D eigenvalue weighted by atomic mass is 9.88. The number of benzene rings is 1. The first-order valence-electron chi connectivity index (χ1n) is 11.3. The number of likely N-dealkylation sites (tertiary alicyclic amines) is 1. The lowest BCUT2D eigenvalue weighted by Gasteiger charge is -2.32. The van der Waals surface area contributed by atoms with Gasteiger partial charge in [-0.15, -0.1) is 0 Å². The summed E-state index contributed by atoms with van der Waals surface area (Å²) in [5, 5.41) is 7.00. The number of unbranched alkanes of at least 4 members (excludes halogenated alkanes) is 1. The largest absolute Gasteiger partial charge is 0.400 e. The van der Waals surface area contributed by atoms with Gasteiger partial charge in [-0.05, 0) is 55.7 Å². The zero-order chi connectivity index (χ0) is 22.8. The van der Waals surface area contributed by atoms with Crippen molar-refractivity contribution in [2.75, 3.05) is 20.2 Å². The van der Waals surface area contributed by atoms with Gasteiger partial charge in [-0.1, -0.05) is 81.8 Å². The van der Waals surface area contributed by atoms with Crippen molar-refractivity contribution in [1.29, 1.82) is 0 Å². The molecule has 168 valence electrons. The molecular formula is C27H43NO2. The zero-order valence-corrected chi connectivity index (χ0v) is 19.9. The third kappa shape index (κ3) is 10.6. The van der Waals surface area contributed by atoms with E-state index < -0.39 is 0 Å². The fraction of sp³-hybridized carbons (Fsp3) is 0.519. The van der Waals surface area contributed by atoms with Crippen molar-refractivity contribution in [2.45, 2.75) is 66.2 Å². The standard InChI is InChI=1S/C22H29NO.C4H10.CH4O/c1-4-8-20(9-5-2)21-14-16-23(17-15-21)22(24)13-12-19-11-7-6-10-18(19)3;1-3-4-2;1-2/h4-11,21H,1,12-17H2,2-3H3;3-4H2,1-2H3;2H,1H3/b9-5-,20-8+;;. The molecule has 1 N–H and O–H groups in total. The Hall–Kier alpha value is -2.13. The smallest absolute Gasteiger partial charge is 0.222 e. The molecule has 1 amide bonds. The molecule has 0 atom stereocenters. The number of aliphatic hydroxyl groups excluding tert-OH is 1. The predicted octanol–water partition coefficient (Wildman–Crippen LogP) is 6.27. The summed E-state index contributed by atoms with van der Waals surface area (Å²) in [5.74, 6) is 0.830. The van der Waals surface area contributed by atoms with Crippen molar-refractivity contribution in [3.05, 3.63) is 71.8 Å². The molecule has 3 heteroatoms. The molecule has 1 aromatic rings. The molecule has 3 nitrogen and oxygen atoms in total. The topological polar surface area (TPSA) is 40.5 Å². The highest BCUT2D eigenvalue weighted by Crippen LogP contribution is 2.26. The van der Waals surface area contributed by atoms with E-state index in [1.807, 2.05) is 30.0 Å². The van der Waals surface area contributed by atoms with Crippen molar-refractivity contribution in [2.24, 2.45) is 5.92 Å². The van der Waals surface area contributed by atoms with Gasteiger partial charge in [-0.3, -0.25) is 4.79 Å². The van der Waals surface area contributed by atoms with E-state index in [9.17, 15) is 4.79 Å². The summed E-state index contributed by atoms with van der Waals surface area (Å²) in [6.07, 6.45) is 14.4. The van der Waals surface area contributed by atoms with E-state index in [0.29, 0.717) is 12.3 Å². The second-order valence-electron chi connectivity index (χ2n) is 7.48. The van der Waals surface area contributed by atoms with Gasteiger partial charge in [0.2, 0.25) is 5.91 Å². The molecule has 0 spiro atoms. The van der Waals surface area contributed by atoms with E-state index in [2.05, 4.69) is 57.7 Å². The molecule has 0 aliphatic carbocycles. The molecule has 0 bridgehead atoms. The van der Waals surface area contributed by atoms with E-state index in [1.54, 1.807) is 0 Å². The molecule has 1 saturated heterocycles. The number of rotatable bonds is 7. The summed E-state index contributed by atoms with van der Waals surface area (Å²) in [4.78, 5) is 14.5. The Morgan fingerprint density at radius 2 is 1.77 bits per heavy atom. The first kappa shape index (κ1) is 27.9. The monoisotopic (exact) mass is 413 g/mol. The number of hydrogen-bond acceptors (Lipinski definition) is 2. The highest BCUT2D eigenvalue weighted by Gasteiger charge is 2.23. The van der Waals surface area contributed by atoms with Gasteiger partial charge >= 0.3 is 0 Å². The maximum Gasteiger partial charge on any atom is 0.222 e. The Bertz CT molecular complexity index is 651.